The van der Waals surface area contributed by atoms with Crippen molar-refractivity contribution in [3.05, 3.63) is 64.1 Å². The summed E-state index contributed by atoms with van der Waals surface area (Å²) in [7, 11) is 0. The van der Waals surface area contributed by atoms with Gasteiger partial charge in [0.25, 0.3) is 0 Å². The van der Waals surface area contributed by atoms with Crippen LogP contribution in [0.25, 0.3) is 0 Å². The highest BCUT2D eigenvalue weighted by Gasteiger charge is 2.36. The lowest BCUT2D eigenvalue weighted by Gasteiger charge is -2.35. The zero-order valence-corrected chi connectivity index (χ0v) is 16.8. The molecular formula is C22H25BrN2O. The maximum absolute atomic E-state index is 13.3. The van der Waals surface area contributed by atoms with Crippen LogP contribution in [0.15, 0.2) is 53.0 Å². The van der Waals surface area contributed by atoms with Crippen LogP contribution in [0.1, 0.15) is 30.9 Å². The number of carbonyl (C=O) groups excluding carboxylic acids is 1. The van der Waals surface area contributed by atoms with Gasteiger partial charge in [-0.15, -0.1) is 0 Å². The van der Waals surface area contributed by atoms with E-state index in [4.69, 9.17) is 0 Å². The Morgan fingerprint density at radius 1 is 1.19 bits per heavy atom. The van der Waals surface area contributed by atoms with Gasteiger partial charge in [-0.05, 0) is 62.1 Å². The first-order chi connectivity index (χ1) is 12.6. The highest BCUT2D eigenvalue weighted by atomic mass is 79.9. The summed E-state index contributed by atoms with van der Waals surface area (Å²) in [5.41, 5.74) is 3.70. The monoisotopic (exact) mass is 412 g/mol. The molecule has 0 aromatic heterocycles. The SMILES string of the molecule is CC1Cc2cc(Br)ccc2N1C(=O)C1CCCN(Cc2ccccc2)C1. The molecule has 2 heterocycles. The molecule has 1 amide bonds. The molecular weight excluding hydrogens is 388 g/mol. The van der Waals surface area contributed by atoms with Crippen molar-refractivity contribution in [3.63, 3.8) is 0 Å². The molecule has 2 aromatic carbocycles. The van der Waals surface area contributed by atoms with Crippen LogP contribution in [-0.2, 0) is 17.8 Å². The van der Waals surface area contributed by atoms with Crippen molar-refractivity contribution in [2.45, 2.75) is 38.8 Å². The summed E-state index contributed by atoms with van der Waals surface area (Å²) in [6, 6.07) is 17.1. The van der Waals surface area contributed by atoms with E-state index in [0.29, 0.717) is 5.91 Å². The van der Waals surface area contributed by atoms with Crippen molar-refractivity contribution >= 4 is 27.5 Å². The van der Waals surface area contributed by atoms with E-state index in [0.717, 1.165) is 49.1 Å². The molecule has 4 rings (SSSR count). The van der Waals surface area contributed by atoms with Gasteiger partial charge in [-0.3, -0.25) is 9.69 Å². The fourth-order valence-electron chi connectivity index (χ4n) is 4.37. The largest absolute Gasteiger partial charge is 0.309 e. The predicted octanol–water partition coefficient (Wildman–Crippen LogP) is 4.64. The zero-order valence-electron chi connectivity index (χ0n) is 15.2. The van der Waals surface area contributed by atoms with Crippen LogP contribution in [0.4, 0.5) is 5.69 Å². The number of halogens is 1. The van der Waals surface area contributed by atoms with E-state index in [9.17, 15) is 4.79 Å². The Morgan fingerprint density at radius 3 is 2.81 bits per heavy atom. The maximum Gasteiger partial charge on any atom is 0.231 e. The summed E-state index contributed by atoms with van der Waals surface area (Å²) in [5.74, 6) is 0.404. The van der Waals surface area contributed by atoms with Crippen LogP contribution in [-0.4, -0.2) is 29.9 Å². The summed E-state index contributed by atoms with van der Waals surface area (Å²) in [5, 5.41) is 0. The van der Waals surface area contributed by atoms with Gasteiger partial charge < -0.3 is 4.90 Å². The molecule has 4 heteroatoms. The minimum atomic E-state index is 0.101. The van der Waals surface area contributed by atoms with E-state index in [2.05, 4.69) is 75.1 Å². The van der Waals surface area contributed by atoms with Gasteiger partial charge in [-0.1, -0.05) is 46.3 Å². The van der Waals surface area contributed by atoms with Crippen molar-refractivity contribution in [1.82, 2.24) is 4.90 Å². The Labute approximate surface area is 164 Å². The number of rotatable bonds is 3. The van der Waals surface area contributed by atoms with E-state index in [1.165, 1.54) is 11.1 Å². The van der Waals surface area contributed by atoms with Gasteiger partial charge >= 0.3 is 0 Å². The van der Waals surface area contributed by atoms with Gasteiger partial charge in [-0.25, -0.2) is 0 Å². The van der Waals surface area contributed by atoms with Crippen LogP contribution in [0.2, 0.25) is 0 Å². The summed E-state index contributed by atoms with van der Waals surface area (Å²) in [4.78, 5) is 17.8. The first kappa shape index (κ1) is 17.7. The lowest BCUT2D eigenvalue weighted by Crippen LogP contribution is -2.46. The lowest BCUT2D eigenvalue weighted by atomic mass is 9.95. The van der Waals surface area contributed by atoms with Gasteiger partial charge in [0.2, 0.25) is 5.91 Å². The molecule has 2 unspecified atom stereocenters. The Balaban J connectivity index is 1.48. The van der Waals surface area contributed by atoms with Crippen molar-refractivity contribution in [2.75, 3.05) is 18.0 Å². The molecule has 2 aromatic rings. The number of nitrogens with zero attached hydrogens (tertiary/aromatic N) is 2. The molecule has 1 saturated heterocycles. The maximum atomic E-state index is 13.3. The summed E-state index contributed by atoms with van der Waals surface area (Å²) in [6.07, 6.45) is 3.04. The number of fused-ring (bicyclic) bond motifs is 1. The van der Waals surface area contributed by atoms with Gasteiger partial charge in [0.05, 0.1) is 5.92 Å². The summed E-state index contributed by atoms with van der Waals surface area (Å²) in [6.45, 7) is 5.04. The number of hydrogen-bond acceptors (Lipinski definition) is 2. The molecule has 2 aliphatic heterocycles. The first-order valence-electron chi connectivity index (χ1n) is 9.49. The Hall–Kier alpha value is -1.65. The Bertz CT molecular complexity index is 792. The third kappa shape index (κ3) is 3.58. The molecule has 0 bridgehead atoms. The normalized spacial score (nSPS) is 23.1. The Morgan fingerprint density at radius 2 is 2.00 bits per heavy atom. The molecule has 0 radical (unpaired) electrons. The molecule has 26 heavy (non-hydrogen) atoms. The van der Waals surface area contributed by atoms with Crippen LogP contribution in [0, 0.1) is 5.92 Å². The molecule has 136 valence electrons. The van der Waals surface area contributed by atoms with Crippen LogP contribution in [0.5, 0.6) is 0 Å². The van der Waals surface area contributed by atoms with Gasteiger partial charge in [0.15, 0.2) is 0 Å². The Kier molecular flexibility index (Phi) is 5.14. The molecule has 0 aliphatic carbocycles. The van der Waals surface area contributed by atoms with Crippen molar-refractivity contribution in [1.29, 1.82) is 0 Å². The number of hydrogen-bond donors (Lipinski definition) is 0. The van der Waals surface area contributed by atoms with Gasteiger partial charge in [0, 0.05) is 29.3 Å². The third-order valence-corrected chi connectivity index (χ3v) is 6.09. The molecule has 0 spiro atoms. The molecule has 2 atom stereocenters. The number of piperidine rings is 1. The quantitative estimate of drug-likeness (QED) is 0.732. The third-order valence-electron chi connectivity index (χ3n) is 5.60. The average Bonchev–Trinajstić information content (AvgIpc) is 2.97. The molecule has 0 saturated carbocycles. The average molecular weight is 413 g/mol. The molecule has 1 fully saturated rings. The lowest BCUT2D eigenvalue weighted by molar-refractivity contribution is -0.124. The van der Waals surface area contributed by atoms with Gasteiger partial charge in [-0.2, -0.15) is 0 Å². The van der Waals surface area contributed by atoms with E-state index in [1.807, 2.05) is 6.07 Å². The standard InChI is InChI=1S/C22H25BrN2O/c1-16-12-19-13-20(23)9-10-21(19)25(16)22(26)18-8-5-11-24(15-18)14-17-6-3-2-4-7-17/h2-4,6-7,9-10,13,16,18H,5,8,11-12,14-15H2,1H3. The number of likely N-dealkylation sites (tertiary alicyclic amines) is 1. The van der Waals surface area contributed by atoms with E-state index < -0.39 is 0 Å². The molecule has 2 aliphatic rings. The minimum absolute atomic E-state index is 0.101. The van der Waals surface area contributed by atoms with E-state index in [1.54, 1.807) is 0 Å². The fraction of sp³-hybridized carbons (Fsp3) is 0.409. The minimum Gasteiger partial charge on any atom is -0.309 e. The first-order valence-corrected chi connectivity index (χ1v) is 10.3. The number of anilines is 1. The van der Waals surface area contributed by atoms with E-state index in [-0.39, 0.29) is 12.0 Å². The second-order valence-electron chi connectivity index (χ2n) is 7.59. The number of benzene rings is 2. The fourth-order valence-corrected chi connectivity index (χ4v) is 4.78. The molecule has 3 nitrogen and oxygen atoms in total. The highest BCUT2D eigenvalue weighted by Crippen LogP contribution is 2.36. The number of carbonyl (C=O) groups is 1. The second-order valence-corrected chi connectivity index (χ2v) is 8.51. The van der Waals surface area contributed by atoms with Crippen LogP contribution in [0.3, 0.4) is 0 Å². The second kappa shape index (κ2) is 7.53. The topological polar surface area (TPSA) is 23.6 Å². The van der Waals surface area contributed by atoms with E-state index >= 15 is 0 Å². The highest BCUT2D eigenvalue weighted by molar-refractivity contribution is 9.10. The summed E-state index contributed by atoms with van der Waals surface area (Å²) >= 11 is 3.55. The van der Waals surface area contributed by atoms with Crippen LogP contribution >= 0.6 is 15.9 Å². The number of amides is 1. The van der Waals surface area contributed by atoms with Crippen molar-refractivity contribution < 1.29 is 4.79 Å². The zero-order chi connectivity index (χ0) is 18.1. The van der Waals surface area contributed by atoms with Crippen molar-refractivity contribution in [2.24, 2.45) is 5.92 Å². The van der Waals surface area contributed by atoms with Crippen LogP contribution < -0.4 is 4.90 Å². The predicted molar refractivity (Wildman–Crippen MR) is 109 cm³/mol. The smallest absolute Gasteiger partial charge is 0.231 e. The van der Waals surface area contributed by atoms with Crippen molar-refractivity contribution in [3.8, 4) is 0 Å². The van der Waals surface area contributed by atoms with Gasteiger partial charge in [0.1, 0.15) is 0 Å². The summed E-state index contributed by atoms with van der Waals surface area (Å²) < 4.78 is 1.09. The molecule has 0 N–H and O–H groups in total.